The molecule has 1 unspecified atom stereocenters. The van der Waals surface area contributed by atoms with Crippen molar-refractivity contribution in [3.05, 3.63) is 114 Å². The zero-order valence-corrected chi connectivity index (χ0v) is 27.0. The molecule has 1 aliphatic heterocycles. The first-order chi connectivity index (χ1) is 21.7. The van der Waals surface area contributed by atoms with Gasteiger partial charge >= 0.3 is 0 Å². The number of ether oxygens (including phenoxy) is 2. The van der Waals surface area contributed by atoms with Gasteiger partial charge in [0.05, 0.1) is 24.5 Å². The molecule has 6 rings (SSSR count). The summed E-state index contributed by atoms with van der Waals surface area (Å²) in [5, 5.41) is 12.2. The van der Waals surface area contributed by atoms with Crippen LogP contribution in [0.3, 0.4) is 0 Å². The first kappa shape index (κ1) is 31.3. The minimum Gasteiger partial charge on any atom is -0.476 e. The van der Waals surface area contributed by atoms with Gasteiger partial charge in [0.15, 0.2) is 29.2 Å². The number of aliphatic hydroxyl groups excluding tert-OH is 1. The van der Waals surface area contributed by atoms with E-state index >= 15 is 8.78 Å². The van der Waals surface area contributed by atoms with E-state index in [1.165, 1.54) is 18.0 Å². The average molecular weight is 728 g/mol. The second-order valence-electron chi connectivity index (χ2n) is 10.8. The summed E-state index contributed by atoms with van der Waals surface area (Å²) >= 11 is 1.72. The number of benzene rings is 3. The normalized spacial score (nSPS) is 23.4. The molecular formula is C33H32F2IN5O4. The molecule has 0 aliphatic carbocycles. The summed E-state index contributed by atoms with van der Waals surface area (Å²) in [5.74, 6) is -2.45. The molecule has 12 heteroatoms. The maximum Gasteiger partial charge on any atom is 0.256 e. The van der Waals surface area contributed by atoms with Crippen LogP contribution in [0.2, 0.25) is 0 Å². The van der Waals surface area contributed by atoms with Crippen LogP contribution in [0.5, 0.6) is 5.88 Å². The molecular weight excluding hydrogens is 695 g/mol. The molecule has 3 aromatic carbocycles. The van der Waals surface area contributed by atoms with Crippen molar-refractivity contribution in [2.45, 2.75) is 43.2 Å². The van der Waals surface area contributed by atoms with Crippen LogP contribution in [-0.2, 0) is 15.1 Å². The van der Waals surface area contributed by atoms with Crippen LogP contribution in [0.15, 0.2) is 97.3 Å². The fraction of sp³-hybridized carbons (Fsp3) is 0.303. The van der Waals surface area contributed by atoms with E-state index in [2.05, 4.69) is 4.98 Å². The van der Waals surface area contributed by atoms with Crippen molar-refractivity contribution >= 4 is 39.7 Å². The number of hydroxylamine groups is 1. The Morgan fingerprint density at radius 1 is 0.956 bits per heavy atom. The molecule has 0 radical (unpaired) electrons. The third-order valence-electron chi connectivity index (χ3n) is 8.07. The van der Waals surface area contributed by atoms with Crippen LogP contribution in [0.25, 0.3) is 11.2 Å². The topological polar surface area (TPSA) is 94.8 Å². The van der Waals surface area contributed by atoms with Crippen molar-refractivity contribution < 1.29 is 28.2 Å². The Bertz CT molecular complexity index is 1670. The van der Waals surface area contributed by atoms with Gasteiger partial charge in [-0.25, -0.2) is 13.8 Å². The molecule has 2 aromatic heterocycles. The lowest BCUT2D eigenvalue weighted by Crippen LogP contribution is -2.48. The summed E-state index contributed by atoms with van der Waals surface area (Å²) in [4.78, 5) is 20.3. The van der Waals surface area contributed by atoms with Gasteiger partial charge in [0, 0.05) is 0 Å². The van der Waals surface area contributed by atoms with E-state index in [4.69, 9.17) is 24.3 Å². The van der Waals surface area contributed by atoms with Gasteiger partial charge in [0.1, 0.15) is 5.54 Å². The molecule has 1 aliphatic rings. The summed E-state index contributed by atoms with van der Waals surface area (Å²) < 4.78 is 44.1. The molecule has 0 amide bonds. The lowest BCUT2D eigenvalue weighted by Gasteiger charge is -2.43. The minimum absolute atomic E-state index is 0.0614. The van der Waals surface area contributed by atoms with Crippen molar-refractivity contribution in [3.63, 3.8) is 0 Å². The van der Waals surface area contributed by atoms with Gasteiger partial charge in [0.25, 0.3) is 5.95 Å². The minimum atomic E-state index is -2.62. The Morgan fingerprint density at radius 3 is 1.93 bits per heavy atom. The average Bonchev–Trinajstić information content (AvgIpc) is 3.57. The van der Waals surface area contributed by atoms with Crippen LogP contribution < -0.4 is 9.80 Å². The second kappa shape index (κ2) is 12.2. The lowest BCUT2D eigenvalue weighted by atomic mass is 9.76. The first-order valence-corrected chi connectivity index (χ1v) is 15.9. The van der Waals surface area contributed by atoms with Gasteiger partial charge < -0.3 is 14.6 Å². The van der Waals surface area contributed by atoms with Crippen LogP contribution in [0, 0.1) is 0 Å². The number of aliphatic hydroxyl groups is 1. The molecule has 9 nitrogen and oxygen atoms in total. The molecule has 1 saturated heterocycles. The number of hydrogen-bond donors (Lipinski definition) is 1. The van der Waals surface area contributed by atoms with Crippen LogP contribution in [0.1, 0.15) is 36.8 Å². The predicted octanol–water partition coefficient (Wildman–Crippen LogP) is 6.30. The van der Waals surface area contributed by atoms with Crippen molar-refractivity contribution in [2.75, 3.05) is 23.2 Å². The van der Waals surface area contributed by atoms with E-state index in [1.807, 2.05) is 91.0 Å². The Balaban J connectivity index is 1.64. The number of rotatable bonds is 10. The molecule has 0 bridgehead atoms. The summed E-state index contributed by atoms with van der Waals surface area (Å²) in [5.41, 5.74) is -0.794. The molecule has 4 atom stereocenters. The summed E-state index contributed by atoms with van der Waals surface area (Å²) in [6.07, 6.45) is -2.35. The Kier molecular flexibility index (Phi) is 8.50. The van der Waals surface area contributed by atoms with E-state index < -0.39 is 29.4 Å². The zero-order valence-electron chi connectivity index (χ0n) is 24.8. The standard InChI is InChI=1S/C33H32F2IN5O4/c1-4-44-27-25-26(40(21-37-25)29-31(2,34)28(42)32(35,20-36)45-29)38-30(39-27)41(43-3)33(22-14-8-5-9-15-22,23-16-10-6-11-17-23)24-18-12-7-13-19-24/h5-19,21,28-29,42H,4,20H2,1-3H3/t28-,29+,31?,32+/m0/s1. The van der Waals surface area contributed by atoms with Gasteiger partial charge in [-0.2, -0.15) is 15.0 Å². The number of anilines is 1. The first-order valence-electron chi connectivity index (χ1n) is 14.4. The van der Waals surface area contributed by atoms with E-state index in [-0.39, 0.29) is 34.0 Å². The highest BCUT2D eigenvalue weighted by atomic mass is 127. The number of halogens is 3. The van der Waals surface area contributed by atoms with Gasteiger partial charge in [-0.3, -0.25) is 9.40 Å². The highest BCUT2D eigenvalue weighted by Crippen LogP contribution is 2.50. The fourth-order valence-electron chi connectivity index (χ4n) is 5.99. The number of aromatic nitrogens is 4. The summed E-state index contributed by atoms with van der Waals surface area (Å²) in [6, 6.07) is 29.4. The largest absolute Gasteiger partial charge is 0.476 e. The van der Waals surface area contributed by atoms with Crippen LogP contribution >= 0.6 is 22.6 Å². The number of imidazole rings is 1. The van der Waals surface area contributed by atoms with Gasteiger partial charge in [-0.05, 0) is 30.5 Å². The molecule has 1 fully saturated rings. The van der Waals surface area contributed by atoms with Crippen LogP contribution in [0.4, 0.5) is 14.7 Å². The lowest BCUT2D eigenvalue weighted by molar-refractivity contribution is -0.167. The molecule has 45 heavy (non-hydrogen) atoms. The van der Waals surface area contributed by atoms with Crippen molar-refractivity contribution in [1.29, 1.82) is 0 Å². The molecule has 0 spiro atoms. The van der Waals surface area contributed by atoms with Crippen molar-refractivity contribution in [2.24, 2.45) is 0 Å². The van der Waals surface area contributed by atoms with Gasteiger partial charge in [-0.1, -0.05) is 114 Å². The van der Waals surface area contributed by atoms with Gasteiger partial charge in [0.2, 0.25) is 11.7 Å². The van der Waals surface area contributed by atoms with E-state index in [9.17, 15) is 5.11 Å². The fourth-order valence-corrected chi connectivity index (χ4v) is 6.59. The third kappa shape index (κ3) is 5.03. The number of nitrogens with zero attached hydrogens (tertiary/aromatic N) is 5. The smallest absolute Gasteiger partial charge is 0.256 e. The maximum absolute atomic E-state index is 16.1. The van der Waals surface area contributed by atoms with Gasteiger partial charge in [-0.15, -0.1) is 0 Å². The quantitative estimate of drug-likeness (QED) is 0.0776. The molecule has 234 valence electrons. The van der Waals surface area contributed by atoms with E-state index in [1.54, 1.807) is 34.6 Å². The molecule has 1 N–H and O–H groups in total. The van der Waals surface area contributed by atoms with Crippen molar-refractivity contribution in [1.82, 2.24) is 19.5 Å². The summed E-state index contributed by atoms with van der Waals surface area (Å²) in [6.45, 7) is 3.14. The Hall–Kier alpha value is -3.72. The second-order valence-corrected chi connectivity index (χ2v) is 11.6. The highest BCUT2D eigenvalue weighted by Gasteiger charge is 2.64. The number of alkyl halides is 3. The monoisotopic (exact) mass is 727 g/mol. The molecule has 5 aromatic rings. The number of hydrogen-bond acceptors (Lipinski definition) is 8. The SMILES string of the molecule is CCOc1nc(N(OC)C(c2ccccc2)(c2ccccc2)c2ccccc2)nc2c1ncn2[C@@H]1O[C@](F)(CI)[C@@H](O)C1(C)F. The van der Waals surface area contributed by atoms with E-state index in [0.29, 0.717) is 0 Å². The Labute approximate surface area is 272 Å². The highest BCUT2D eigenvalue weighted by molar-refractivity contribution is 14.1. The van der Waals surface area contributed by atoms with Crippen molar-refractivity contribution in [3.8, 4) is 5.88 Å². The third-order valence-corrected chi connectivity index (χ3v) is 9.11. The van der Waals surface area contributed by atoms with Crippen LogP contribution in [-0.4, -0.2) is 60.4 Å². The zero-order chi connectivity index (χ0) is 31.8. The molecule has 3 heterocycles. The number of fused-ring (bicyclic) bond motifs is 1. The summed E-state index contributed by atoms with van der Waals surface area (Å²) in [7, 11) is 1.52. The van der Waals surface area contributed by atoms with E-state index in [0.717, 1.165) is 23.6 Å². The molecule has 0 saturated carbocycles. The Morgan fingerprint density at radius 2 is 1.49 bits per heavy atom. The predicted molar refractivity (Wildman–Crippen MR) is 174 cm³/mol. The maximum atomic E-state index is 16.1.